The van der Waals surface area contributed by atoms with Crippen molar-refractivity contribution in [3.8, 4) is 5.75 Å². The van der Waals surface area contributed by atoms with Crippen LogP contribution in [0.5, 0.6) is 5.75 Å². The van der Waals surface area contributed by atoms with Gasteiger partial charge in [-0.2, -0.15) is 0 Å². The molecule has 0 radical (unpaired) electrons. The van der Waals surface area contributed by atoms with E-state index in [1.165, 1.54) is 0 Å². The van der Waals surface area contributed by atoms with Crippen molar-refractivity contribution in [1.29, 1.82) is 5.41 Å². The van der Waals surface area contributed by atoms with Crippen LogP contribution < -0.4 is 0 Å². The molecule has 3 aromatic rings. The number of likely N-dealkylation sites (tertiary alicyclic amines) is 1. The van der Waals surface area contributed by atoms with Gasteiger partial charge in [-0.25, -0.2) is 4.79 Å². The molecule has 0 aliphatic carbocycles. The van der Waals surface area contributed by atoms with Gasteiger partial charge in [0.2, 0.25) is 0 Å². The van der Waals surface area contributed by atoms with Crippen molar-refractivity contribution >= 4 is 17.7 Å². The van der Waals surface area contributed by atoms with Gasteiger partial charge in [-0.15, -0.1) is 0 Å². The molecule has 0 spiro atoms. The van der Waals surface area contributed by atoms with E-state index in [0.29, 0.717) is 24.5 Å². The molecule has 1 amide bonds. The molecule has 1 fully saturated rings. The quantitative estimate of drug-likeness (QED) is 0.275. The number of amides is 1. The second-order valence-electron chi connectivity index (χ2n) is 13.7. The largest absolute Gasteiger partial charge is 0.507 e. The van der Waals surface area contributed by atoms with E-state index in [-0.39, 0.29) is 47.4 Å². The number of phenolic OH excluding ortho intramolecular Hbond substituents is 1. The molecule has 3 aromatic carbocycles. The van der Waals surface area contributed by atoms with E-state index in [9.17, 15) is 14.7 Å². The number of ketones is 1. The lowest BCUT2D eigenvalue weighted by Gasteiger charge is -2.28. The fourth-order valence-electron chi connectivity index (χ4n) is 5.77. The third kappa shape index (κ3) is 7.45. The Labute approximate surface area is 256 Å². The molecular weight excluding hydrogens is 538 g/mol. The molecule has 1 heterocycles. The summed E-state index contributed by atoms with van der Waals surface area (Å²) in [5.74, 6) is 0.114. The summed E-state index contributed by atoms with van der Waals surface area (Å²) in [6.45, 7) is 13.2. The molecule has 7 heteroatoms. The normalized spacial score (nSPS) is 17.2. The smallest absolute Gasteiger partial charge is 0.409 e. The topological polar surface area (TPSA) is 93.9 Å². The van der Waals surface area contributed by atoms with Gasteiger partial charge >= 0.3 is 6.09 Å². The van der Waals surface area contributed by atoms with Crippen LogP contribution in [0.4, 0.5) is 4.79 Å². The number of amidine groups is 1. The third-order valence-electron chi connectivity index (χ3n) is 8.13. The van der Waals surface area contributed by atoms with Gasteiger partial charge in [0.15, 0.2) is 5.78 Å². The number of hydrogen-bond acceptors (Lipinski definition) is 5. The molecule has 228 valence electrons. The number of aromatic hydroxyl groups is 1. The van der Waals surface area contributed by atoms with E-state index in [4.69, 9.17) is 10.1 Å². The molecule has 1 aliphatic heterocycles. The molecule has 0 saturated carbocycles. The van der Waals surface area contributed by atoms with E-state index in [1.54, 1.807) is 24.1 Å². The molecule has 2 atom stereocenters. The molecule has 1 saturated heterocycles. The number of carbonyl (C=O) groups is 2. The summed E-state index contributed by atoms with van der Waals surface area (Å²) >= 11 is 0. The van der Waals surface area contributed by atoms with E-state index in [1.807, 2.05) is 107 Å². The maximum atomic E-state index is 13.8. The molecule has 0 bridgehead atoms. The minimum absolute atomic E-state index is 0.0405. The summed E-state index contributed by atoms with van der Waals surface area (Å²) in [6.07, 6.45) is -0.426. The van der Waals surface area contributed by atoms with Crippen molar-refractivity contribution < 1.29 is 19.4 Å². The Balaban J connectivity index is 1.56. The first-order chi connectivity index (χ1) is 20.2. The Morgan fingerprint density at radius 1 is 0.930 bits per heavy atom. The van der Waals surface area contributed by atoms with Crippen LogP contribution in [0.3, 0.4) is 0 Å². The van der Waals surface area contributed by atoms with Crippen LogP contribution in [0.25, 0.3) is 0 Å². The highest BCUT2D eigenvalue weighted by Crippen LogP contribution is 2.40. The molecular formula is C36H45N3O4. The Kier molecular flexibility index (Phi) is 9.33. The van der Waals surface area contributed by atoms with Crippen molar-refractivity contribution in [2.75, 3.05) is 26.7 Å². The summed E-state index contributed by atoms with van der Waals surface area (Å²) in [5.41, 5.74) is 3.17. The minimum atomic E-state index is -0.426. The van der Waals surface area contributed by atoms with Gasteiger partial charge in [0.05, 0.1) is 6.54 Å². The van der Waals surface area contributed by atoms with Crippen LogP contribution in [0.1, 0.15) is 80.1 Å². The van der Waals surface area contributed by atoms with Gasteiger partial charge < -0.3 is 19.6 Å². The third-order valence-corrected chi connectivity index (χ3v) is 8.13. The lowest BCUT2D eigenvalue weighted by Crippen LogP contribution is -2.35. The van der Waals surface area contributed by atoms with Crippen LogP contribution in [0.2, 0.25) is 0 Å². The Morgan fingerprint density at radius 3 is 2.00 bits per heavy atom. The van der Waals surface area contributed by atoms with Crippen molar-refractivity contribution in [3.05, 3.63) is 101 Å². The molecule has 4 rings (SSSR count). The predicted molar refractivity (Wildman–Crippen MR) is 171 cm³/mol. The number of rotatable bonds is 8. The summed E-state index contributed by atoms with van der Waals surface area (Å²) < 4.78 is 5.55. The average Bonchev–Trinajstić information content (AvgIpc) is 3.25. The first kappa shape index (κ1) is 31.8. The van der Waals surface area contributed by atoms with E-state index in [0.717, 1.165) is 22.3 Å². The number of Topliss-reactive ketones (excluding diaryl/α,β-unsaturated/α-hetero) is 1. The first-order valence-electron chi connectivity index (χ1n) is 14.9. The van der Waals surface area contributed by atoms with Crippen LogP contribution in [0, 0.1) is 11.3 Å². The Hall–Kier alpha value is -4.13. The number of benzene rings is 3. The zero-order valence-corrected chi connectivity index (χ0v) is 26.5. The highest BCUT2D eigenvalue weighted by Gasteiger charge is 2.40. The lowest BCUT2D eigenvalue weighted by molar-refractivity contribution is 0.0940. The molecule has 2 N–H and O–H groups in total. The minimum Gasteiger partial charge on any atom is -0.507 e. The summed E-state index contributed by atoms with van der Waals surface area (Å²) in [6, 6.07) is 23.0. The average molecular weight is 584 g/mol. The van der Waals surface area contributed by atoms with Crippen LogP contribution >= 0.6 is 0 Å². The van der Waals surface area contributed by atoms with Crippen molar-refractivity contribution in [2.45, 2.75) is 64.9 Å². The van der Waals surface area contributed by atoms with Gasteiger partial charge in [0.25, 0.3) is 0 Å². The standard InChI is InChI=1S/C36H45N3O4/c1-35(2,3)28-18-26(19-29(32(28)41)36(4,5)6)30(40)22-39-21-27(31(33(39)37)25-16-12-9-13-17-25)20-38(7)34(42)43-23-24-14-10-8-11-15-24/h8-19,27,31,37,41H,20-23H2,1-7H3/t27-,31+/m0/s1. The van der Waals surface area contributed by atoms with Crippen LogP contribution in [0.15, 0.2) is 72.8 Å². The van der Waals surface area contributed by atoms with Crippen molar-refractivity contribution in [1.82, 2.24) is 9.80 Å². The second-order valence-corrected chi connectivity index (χ2v) is 13.7. The number of hydrogen-bond donors (Lipinski definition) is 2. The van der Waals surface area contributed by atoms with Gasteiger partial charge in [0, 0.05) is 48.7 Å². The number of phenols is 1. The number of nitrogens with zero attached hydrogens (tertiary/aromatic N) is 2. The zero-order valence-electron chi connectivity index (χ0n) is 26.5. The van der Waals surface area contributed by atoms with E-state index >= 15 is 0 Å². The monoisotopic (exact) mass is 583 g/mol. The molecule has 7 nitrogen and oxygen atoms in total. The van der Waals surface area contributed by atoms with Gasteiger partial charge in [-0.3, -0.25) is 10.2 Å². The summed E-state index contributed by atoms with van der Waals surface area (Å²) in [4.78, 5) is 30.1. The van der Waals surface area contributed by atoms with Crippen LogP contribution in [-0.4, -0.2) is 59.3 Å². The van der Waals surface area contributed by atoms with Gasteiger partial charge in [-0.05, 0) is 34.1 Å². The van der Waals surface area contributed by atoms with Crippen LogP contribution in [-0.2, 0) is 22.2 Å². The number of ether oxygens (including phenoxy) is 1. The van der Waals surface area contributed by atoms with Crippen molar-refractivity contribution in [2.24, 2.45) is 5.92 Å². The summed E-state index contributed by atoms with van der Waals surface area (Å²) in [5, 5.41) is 20.3. The van der Waals surface area contributed by atoms with Gasteiger partial charge in [0.1, 0.15) is 18.2 Å². The highest BCUT2D eigenvalue weighted by atomic mass is 16.6. The van der Waals surface area contributed by atoms with Gasteiger partial charge in [-0.1, -0.05) is 102 Å². The highest BCUT2D eigenvalue weighted by molar-refractivity contribution is 6.01. The number of carbonyl (C=O) groups excluding carboxylic acids is 2. The number of nitrogens with one attached hydrogen (secondary N) is 1. The second kappa shape index (κ2) is 12.6. The SMILES string of the molecule is CN(C[C@H]1CN(CC(=O)c2cc(C(C)(C)C)c(O)c(C(C)(C)C)c2)C(=N)[C@@H]1c1ccccc1)C(=O)OCc1ccccc1. The molecule has 0 unspecified atom stereocenters. The Bertz CT molecular complexity index is 1420. The maximum Gasteiger partial charge on any atom is 0.409 e. The van der Waals surface area contributed by atoms with E-state index in [2.05, 4.69) is 0 Å². The fraction of sp³-hybridized carbons (Fsp3) is 0.417. The Morgan fingerprint density at radius 2 is 1.47 bits per heavy atom. The molecule has 1 aliphatic rings. The van der Waals surface area contributed by atoms with Crippen molar-refractivity contribution in [3.63, 3.8) is 0 Å². The zero-order chi connectivity index (χ0) is 31.5. The summed E-state index contributed by atoms with van der Waals surface area (Å²) in [7, 11) is 1.71. The molecule has 43 heavy (non-hydrogen) atoms. The molecule has 0 aromatic heterocycles. The first-order valence-corrected chi connectivity index (χ1v) is 14.9. The lowest BCUT2D eigenvalue weighted by atomic mass is 9.78. The fourth-order valence-corrected chi connectivity index (χ4v) is 5.77. The van der Waals surface area contributed by atoms with E-state index < -0.39 is 6.09 Å². The predicted octanol–water partition coefficient (Wildman–Crippen LogP) is 7.13. The maximum absolute atomic E-state index is 13.8.